The van der Waals surface area contributed by atoms with Crippen molar-refractivity contribution >= 4 is 17.2 Å². The lowest BCUT2D eigenvalue weighted by atomic mass is 9.96. The maximum absolute atomic E-state index is 11.3. The van der Waals surface area contributed by atoms with Gasteiger partial charge in [0, 0.05) is 18.2 Å². The Bertz CT molecular complexity index is 784. The number of rotatable bonds is 3. The summed E-state index contributed by atoms with van der Waals surface area (Å²) in [7, 11) is 1.94. The van der Waals surface area contributed by atoms with Crippen LogP contribution in [0.25, 0.3) is 10.6 Å². The van der Waals surface area contributed by atoms with E-state index in [0.717, 1.165) is 20.9 Å². The van der Waals surface area contributed by atoms with E-state index in [1.54, 1.807) is 17.4 Å². The number of benzene rings is 1. The minimum atomic E-state index is -0.397. The first-order chi connectivity index (χ1) is 11.0. The second-order valence-corrected chi connectivity index (χ2v) is 7.08. The van der Waals surface area contributed by atoms with E-state index >= 15 is 0 Å². The first-order valence-corrected chi connectivity index (χ1v) is 8.85. The number of nitrogens with two attached hydrogens (primary N) is 1. The molecule has 2 aromatic rings. The minimum Gasteiger partial charge on any atom is -0.366 e. The number of nitrogens with zero attached hydrogens (tertiary/aromatic N) is 3. The lowest BCUT2D eigenvalue weighted by Crippen LogP contribution is -2.18. The topological polar surface area (TPSA) is 73.3 Å². The molecule has 1 aromatic heterocycles. The molecule has 0 radical (unpaired) electrons. The number of amides is 1. The number of primary amides is 1. The zero-order valence-corrected chi connectivity index (χ0v) is 14.4. The first kappa shape index (κ1) is 15.9. The summed E-state index contributed by atoms with van der Waals surface area (Å²) in [5, 5.41) is 5.51. The van der Waals surface area contributed by atoms with Gasteiger partial charge in [-0.2, -0.15) is 5.10 Å². The Morgan fingerprint density at radius 2 is 2.09 bits per heavy atom. The van der Waals surface area contributed by atoms with Gasteiger partial charge in [-0.15, -0.1) is 0 Å². The van der Waals surface area contributed by atoms with Crippen LogP contribution in [0.2, 0.25) is 0 Å². The molecule has 6 heteroatoms. The molecule has 0 saturated heterocycles. The van der Waals surface area contributed by atoms with Crippen molar-refractivity contribution in [2.24, 2.45) is 17.8 Å². The van der Waals surface area contributed by atoms with Crippen LogP contribution in [0.15, 0.2) is 23.2 Å². The fraction of sp³-hybridized carbons (Fsp3) is 0.471. The van der Waals surface area contributed by atoms with Gasteiger partial charge < -0.3 is 5.73 Å². The third kappa shape index (κ3) is 3.52. The highest BCUT2D eigenvalue weighted by atomic mass is 32.1. The quantitative estimate of drug-likeness (QED) is 0.940. The monoisotopic (exact) mass is 330 g/mol. The van der Waals surface area contributed by atoms with Crippen molar-refractivity contribution < 1.29 is 4.79 Å². The summed E-state index contributed by atoms with van der Waals surface area (Å²) >= 11 is 1.60. The van der Waals surface area contributed by atoms with Gasteiger partial charge in [-0.25, -0.2) is 4.68 Å². The average Bonchev–Trinajstić information content (AvgIpc) is 2.89. The van der Waals surface area contributed by atoms with Crippen LogP contribution in [-0.4, -0.2) is 21.7 Å². The maximum atomic E-state index is 11.3. The van der Waals surface area contributed by atoms with E-state index < -0.39 is 5.91 Å². The molecular formula is C17H22N4OS. The lowest BCUT2D eigenvalue weighted by molar-refractivity contribution is 0.0999. The summed E-state index contributed by atoms with van der Waals surface area (Å²) in [5.74, 6) is -0.397. The Hall–Kier alpha value is -1.95. The van der Waals surface area contributed by atoms with Gasteiger partial charge in [0.1, 0.15) is 5.01 Å². The second-order valence-electron chi connectivity index (χ2n) is 6.13. The Morgan fingerprint density at radius 1 is 1.35 bits per heavy atom. The third-order valence-electron chi connectivity index (χ3n) is 4.31. The summed E-state index contributed by atoms with van der Waals surface area (Å²) < 4.78 is 1.85. The molecule has 1 aromatic carbocycles. The number of hydrogen-bond acceptors (Lipinski definition) is 4. The molecule has 2 N–H and O–H groups in total. The van der Waals surface area contributed by atoms with Crippen LogP contribution in [0.5, 0.6) is 0 Å². The van der Waals surface area contributed by atoms with Crippen molar-refractivity contribution in [2.45, 2.75) is 45.1 Å². The van der Waals surface area contributed by atoms with Crippen LogP contribution in [0, 0.1) is 6.92 Å². The first-order valence-electron chi connectivity index (χ1n) is 8.03. The number of hydrogen-bond donors (Lipinski definition) is 1. The van der Waals surface area contributed by atoms with E-state index in [1.165, 1.54) is 32.1 Å². The van der Waals surface area contributed by atoms with E-state index in [2.05, 4.69) is 5.10 Å². The Kier molecular flexibility index (Phi) is 4.61. The Labute approximate surface area is 139 Å². The molecule has 0 atom stereocenters. The summed E-state index contributed by atoms with van der Waals surface area (Å²) in [6.07, 6.45) is 6.24. The van der Waals surface area contributed by atoms with E-state index in [0.29, 0.717) is 11.6 Å². The molecule has 0 bridgehead atoms. The van der Waals surface area contributed by atoms with Gasteiger partial charge in [-0.05, 0) is 37.5 Å². The van der Waals surface area contributed by atoms with Gasteiger partial charge in [0.25, 0.3) is 0 Å². The summed E-state index contributed by atoms with van der Waals surface area (Å²) in [4.78, 5) is 17.2. The summed E-state index contributed by atoms with van der Waals surface area (Å²) in [6, 6.07) is 6.06. The van der Waals surface area contributed by atoms with E-state index in [9.17, 15) is 4.79 Å². The smallest absolute Gasteiger partial charge is 0.248 e. The average molecular weight is 330 g/mol. The van der Waals surface area contributed by atoms with Crippen LogP contribution in [-0.2, 0) is 7.05 Å². The standard InChI is InChI=1S/C17H22N4OS/c1-11-10-12(8-9-14(11)15(18)22)16-20-21(2)17(23-16)19-13-6-4-3-5-7-13/h8-10,13H,3-7H2,1-2H3,(H2,18,22)/b19-17+. The number of aryl methyl sites for hydroxylation is 2. The van der Waals surface area contributed by atoms with Gasteiger partial charge in [0.2, 0.25) is 10.7 Å². The lowest BCUT2D eigenvalue weighted by Gasteiger charge is -2.16. The largest absolute Gasteiger partial charge is 0.366 e. The second kappa shape index (κ2) is 6.66. The van der Waals surface area contributed by atoms with Crippen molar-refractivity contribution in [3.05, 3.63) is 34.1 Å². The third-order valence-corrected chi connectivity index (χ3v) is 5.38. The molecule has 0 aliphatic heterocycles. The zero-order chi connectivity index (χ0) is 16.4. The SMILES string of the molecule is Cc1cc(-c2nn(C)/c(=N\C3CCCCC3)s2)ccc1C(N)=O. The molecule has 1 heterocycles. The van der Waals surface area contributed by atoms with Gasteiger partial charge in [0.15, 0.2) is 0 Å². The molecule has 1 saturated carbocycles. The van der Waals surface area contributed by atoms with Crippen LogP contribution in [0.1, 0.15) is 48.0 Å². The molecule has 3 rings (SSSR count). The zero-order valence-electron chi connectivity index (χ0n) is 13.6. The van der Waals surface area contributed by atoms with Gasteiger partial charge in [0.05, 0.1) is 6.04 Å². The maximum Gasteiger partial charge on any atom is 0.248 e. The van der Waals surface area contributed by atoms with E-state index in [4.69, 9.17) is 10.7 Å². The van der Waals surface area contributed by atoms with E-state index in [-0.39, 0.29) is 0 Å². The van der Waals surface area contributed by atoms with Crippen molar-refractivity contribution in [2.75, 3.05) is 0 Å². The molecule has 1 amide bonds. The molecule has 1 aliphatic carbocycles. The van der Waals surface area contributed by atoms with Gasteiger partial charge >= 0.3 is 0 Å². The minimum absolute atomic E-state index is 0.397. The molecule has 0 unspecified atom stereocenters. The number of aromatic nitrogens is 2. The Morgan fingerprint density at radius 3 is 2.74 bits per heavy atom. The predicted molar refractivity (Wildman–Crippen MR) is 92.2 cm³/mol. The fourth-order valence-electron chi connectivity index (χ4n) is 3.02. The summed E-state index contributed by atoms with van der Waals surface area (Å²) in [5.41, 5.74) is 7.79. The molecule has 23 heavy (non-hydrogen) atoms. The number of carbonyl (C=O) groups excluding carboxylic acids is 1. The van der Waals surface area contributed by atoms with E-state index in [1.807, 2.05) is 30.8 Å². The highest BCUT2D eigenvalue weighted by Crippen LogP contribution is 2.23. The van der Waals surface area contributed by atoms with Gasteiger partial charge in [-0.3, -0.25) is 9.79 Å². The molecule has 122 valence electrons. The van der Waals surface area contributed by atoms with Crippen molar-refractivity contribution in [1.82, 2.24) is 9.78 Å². The highest BCUT2D eigenvalue weighted by molar-refractivity contribution is 7.12. The fourth-order valence-corrected chi connectivity index (χ4v) is 3.97. The van der Waals surface area contributed by atoms with Crippen LogP contribution < -0.4 is 10.5 Å². The normalized spacial score (nSPS) is 16.7. The molecular weight excluding hydrogens is 308 g/mol. The van der Waals surface area contributed by atoms with Crippen molar-refractivity contribution in [3.63, 3.8) is 0 Å². The van der Waals surface area contributed by atoms with Crippen molar-refractivity contribution in [3.8, 4) is 10.6 Å². The van der Waals surface area contributed by atoms with Crippen LogP contribution >= 0.6 is 11.3 Å². The molecule has 1 fully saturated rings. The Balaban J connectivity index is 1.92. The van der Waals surface area contributed by atoms with Crippen LogP contribution in [0.3, 0.4) is 0 Å². The molecule has 0 spiro atoms. The van der Waals surface area contributed by atoms with Gasteiger partial charge in [-0.1, -0.05) is 36.7 Å². The number of carbonyl (C=O) groups is 1. The van der Waals surface area contributed by atoms with Crippen LogP contribution in [0.4, 0.5) is 0 Å². The molecule has 5 nitrogen and oxygen atoms in total. The van der Waals surface area contributed by atoms with Crippen molar-refractivity contribution in [1.29, 1.82) is 0 Å². The predicted octanol–water partition coefficient (Wildman–Crippen LogP) is 2.79. The highest BCUT2D eigenvalue weighted by Gasteiger charge is 2.14. The summed E-state index contributed by atoms with van der Waals surface area (Å²) in [6.45, 7) is 1.89. The molecule has 1 aliphatic rings.